The Balaban J connectivity index is 0.00000107. The number of fused-ring (bicyclic) bond motifs is 1. The lowest BCUT2D eigenvalue weighted by Crippen LogP contribution is -2.44. The molecule has 2 aliphatic rings. The first-order chi connectivity index (χ1) is 20.6. The summed E-state index contributed by atoms with van der Waals surface area (Å²) in [6.07, 6.45) is 7.32. The predicted octanol–water partition coefficient (Wildman–Crippen LogP) is 6.28. The van der Waals surface area contributed by atoms with E-state index in [2.05, 4.69) is 50.6 Å². The third-order valence-electron chi connectivity index (χ3n) is 8.69. The Morgan fingerprint density at radius 3 is 2.02 bits per heavy atom. The normalized spacial score (nSPS) is 17.8. The lowest BCUT2D eigenvalue weighted by molar-refractivity contribution is -0.135. The molecule has 2 unspecified atom stereocenters. The number of rotatable bonds is 7. The van der Waals surface area contributed by atoms with Crippen molar-refractivity contribution in [2.45, 2.75) is 119 Å². The molecule has 9 nitrogen and oxygen atoms in total. The summed E-state index contributed by atoms with van der Waals surface area (Å²) in [6.45, 7) is 24.5. The molecular weight excluding hydrogens is 542 g/mol. The number of para-hydroxylation sites is 1. The quantitative estimate of drug-likeness (QED) is 0.285. The molecule has 244 valence electrons. The molecule has 2 amide bonds. The largest absolute Gasteiger partial charge is 0.370 e. The van der Waals surface area contributed by atoms with Gasteiger partial charge in [0.25, 0.3) is 0 Å². The van der Waals surface area contributed by atoms with E-state index >= 15 is 0 Å². The summed E-state index contributed by atoms with van der Waals surface area (Å²) in [4.78, 5) is 47.4. The first-order valence-corrected chi connectivity index (χ1v) is 16.1. The van der Waals surface area contributed by atoms with Crippen LogP contribution in [0.3, 0.4) is 0 Å². The second-order valence-electron chi connectivity index (χ2n) is 10.5. The molecule has 2 atom stereocenters. The van der Waals surface area contributed by atoms with Crippen LogP contribution in [0.4, 0.5) is 5.69 Å². The van der Waals surface area contributed by atoms with Gasteiger partial charge in [-0.05, 0) is 49.7 Å². The summed E-state index contributed by atoms with van der Waals surface area (Å²) in [5, 5.41) is 2.37. The van der Waals surface area contributed by atoms with Gasteiger partial charge in [0.05, 0.1) is 16.7 Å². The first-order valence-electron chi connectivity index (χ1n) is 16.1. The van der Waals surface area contributed by atoms with Crippen LogP contribution in [0, 0.1) is 5.41 Å². The fourth-order valence-corrected chi connectivity index (χ4v) is 5.63. The Bertz CT molecular complexity index is 1200. The van der Waals surface area contributed by atoms with Gasteiger partial charge in [-0.1, -0.05) is 86.4 Å². The molecule has 0 aliphatic carbocycles. The van der Waals surface area contributed by atoms with Crippen LogP contribution in [0.25, 0.3) is 11.0 Å². The average molecular weight is 602 g/mol. The third kappa shape index (κ3) is 9.65. The number of imide groups is 1. The minimum Gasteiger partial charge on any atom is -0.370 e. The Morgan fingerprint density at radius 2 is 1.58 bits per heavy atom. The number of nitrogens with two attached hydrogens (primary N) is 1. The molecule has 0 bridgehead atoms. The molecule has 3 heterocycles. The van der Waals surface area contributed by atoms with E-state index in [1.165, 1.54) is 12.8 Å². The van der Waals surface area contributed by atoms with Gasteiger partial charge in [0.15, 0.2) is 0 Å². The van der Waals surface area contributed by atoms with Gasteiger partial charge >= 0.3 is 5.69 Å². The van der Waals surface area contributed by atoms with Crippen molar-refractivity contribution < 1.29 is 14.4 Å². The maximum atomic E-state index is 13.1. The van der Waals surface area contributed by atoms with Crippen LogP contribution in [-0.4, -0.2) is 46.9 Å². The Labute approximate surface area is 259 Å². The SMILES string of the molecule is C=C(CC)C(N)CC.C=O.CC.CC.CCC1(CC)CCN(c2cccc3c2n(C)c(=O)n3C2CCC(=O)NC2=O)CC1. The number of amides is 2. The summed E-state index contributed by atoms with van der Waals surface area (Å²) in [7, 11) is 1.77. The number of aromatic nitrogens is 2. The highest BCUT2D eigenvalue weighted by molar-refractivity contribution is 6.00. The van der Waals surface area contributed by atoms with E-state index in [0.717, 1.165) is 61.1 Å². The summed E-state index contributed by atoms with van der Waals surface area (Å²) in [6, 6.07) is 5.51. The smallest absolute Gasteiger partial charge is 0.329 e. The standard InChI is InChI=1S/C22H30N4O3.C7H15N.2C2H6.CH2O/c1-4-22(5-2)11-13-25(14-12-22)15-7-6-8-16-19(15)24(3)21(29)26(16)17-9-10-18(27)23-20(17)28;1-4-6(3)7(8)5-2;3*1-2/h6-8,17H,4-5,9-14H2,1-3H3,(H,23,27,28);7H,3-5,8H2,1-2H3;2*1-2H3;1H2. The van der Waals surface area contributed by atoms with E-state index in [-0.39, 0.29) is 24.1 Å². The maximum absolute atomic E-state index is 13.1. The van der Waals surface area contributed by atoms with Gasteiger partial charge in [-0.15, -0.1) is 0 Å². The zero-order valence-electron chi connectivity index (χ0n) is 28.4. The molecule has 2 fully saturated rings. The number of hydrogen-bond acceptors (Lipinski definition) is 6. The van der Waals surface area contributed by atoms with Crippen molar-refractivity contribution in [2.75, 3.05) is 18.0 Å². The van der Waals surface area contributed by atoms with Crippen molar-refractivity contribution in [3.8, 4) is 0 Å². The zero-order valence-corrected chi connectivity index (χ0v) is 28.4. The van der Waals surface area contributed by atoms with Crippen LogP contribution < -0.4 is 21.6 Å². The van der Waals surface area contributed by atoms with Crippen molar-refractivity contribution in [2.24, 2.45) is 18.2 Å². The molecule has 2 aromatic rings. The number of hydrogen-bond donors (Lipinski definition) is 2. The van der Waals surface area contributed by atoms with Crippen LogP contribution in [0.15, 0.2) is 35.1 Å². The lowest BCUT2D eigenvalue weighted by atomic mass is 9.74. The van der Waals surface area contributed by atoms with Crippen molar-refractivity contribution in [3.63, 3.8) is 0 Å². The van der Waals surface area contributed by atoms with Gasteiger partial charge in [0, 0.05) is 32.6 Å². The van der Waals surface area contributed by atoms with Crippen molar-refractivity contribution in [3.05, 3.63) is 40.8 Å². The number of benzene rings is 1. The topological polar surface area (TPSA) is 119 Å². The fourth-order valence-electron chi connectivity index (χ4n) is 5.63. The molecule has 2 saturated heterocycles. The minimum atomic E-state index is -0.645. The van der Waals surface area contributed by atoms with Crippen LogP contribution in [0.5, 0.6) is 0 Å². The molecular formula is C34H59N5O4. The highest BCUT2D eigenvalue weighted by atomic mass is 16.2. The Morgan fingerprint density at radius 1 is 1.02 bits per heavy atom. The number of piperidine rings is 2. The van der Waals surface area contributed by atoms with Gasteiger partial charge in [-0.25, -0.2) is 4.79 Å². The van der Waals surface area contributed by atoms with Gasteiger partial charge < -0.3 is 15.4 Å². The third-order valence-corrected chi connectivity index (χ3v) is 8.69. The molecule has 2 aliphatic heterocycles. The monoisotopic (exact) mass is 601 g/mol. The van der Waals surface area contributed by atoms with Gasteiger partial charge in [-0.2, -0.15) is 0 Å². The number of nitrogens with one attached hydrogen (secondary N) is 1. The van der Waals surface area contributed by atoms with Crippen molar-refractivity contribution >= 4 is 35.3 Å². The van der Waals surface area contributed by atoms with Crippen LogP contribution >= 0.6 is 0 Å². The van der Waals surface area contributed by atoms with Crippen LogP contribution in [0.2, 0.25) is 0 Å². The fraction of sp³-hybridized carbons (Fsp3) is 0.647. The number of carbonyl (C=O) groups is 3. The van der Waals surface area contributed by atoms with E-state index in [1.54, 1.807) is 16.2 Å². The average Bonchev–Trinajstić information content (AvgIpc) is 3.32. The summed E-state index contributed by atoms with van der Waals surface area (Å²) >= 11 is 0. The number of carbonyl (C=O) groups excluding carboxylic acids is 3. The number of anilines is 1. The summed E-state index contributed by atoms with van der Waals surface area (Å²) in [5.41, 5.74) is 9.67. The Hall–Kier alpha value is -3.20. The van der Waals surface area contributed by atoms with Gasteiger partial charge in [-0.3, -0.25) is 24.0 Å². The van der Waals surface area contributed by atoms with E-state index in [4.69, 9.17) is 10.5 Å². The molecule has 9 heteroatoms. The van der Waals surface area contributed by atoms with Crippen LogP contribution in [-0.2, 0) is 21.4 Å². The molecule has 3 N–H and O–H groups in total. The molecule has 0 spiro atoms. The van der Waals surface area contributed by atoms with E-state index in [0.29, 0.717) is 11.8 Å². The molecule has 1 aromatic heterocycles. The van der Waals surface area contributed by atoms with Crippen molar-refractivity contribution in [1.29, 1.82) is 0 Å². The molecule has 1 aromatic carbocycles. The van der Waals surface area contributed by atoms with Gasteiger partial charge in [0.1, 0.15) is 12.8 Å². The number of nitrogens with zero attached hydrogens (tertiary/aromatic N) is 3. The van der Waals surface area contributed by atoms with Gasteiger partial charge in [0.2, 0.25) is 11.8 Å². The number of aryl methyl sites for hydroxylation is 1. The highest BCUT2D eigenvalue weighted by Crippen LogP contribution is 2.40. The highest BCUT2D eigenvalue weighted by Gasteiger charge is 2.34. The molecule has 43 heavy (non-hydrogen) atoms. The first kappa shape index (κ1) is 39.8. The summed E-state index contributed by atoms with van der Waals surface area (Å²) < 4.78 is 3.21. The van der Waals surface area contributed by atoms with E-state index < -0.39 is 11.9 Å². The maximum Gasteiger partial charge on any atom is 0.329 e. The second-order valence-corrected chi connectivity index (χ2v) is 10.5. The lowest BCUT2D eigenvalue weighted by Gasteiger charge is -2.42. The molecule has 4 rings (SSSR count). The molecule has 0 radical (unpaired) electrons. The Kier molecular flexibility index (Phi) is 18.4. The number of imidazole rings is 1. The second kappa shape index (κ2) is 19.9. The van der Waals surface area contributed by atoms with Crippen molar-refractivity contribution in [1.82, 2.24) is 14.5 Å². The summed E-state index contributed by atoms with van der Waals surface area (Å²) in [5.74, 6) is -0.668. The van der Waals surface area contributed by atoms with Crippen LogP contribution in [0.1, 0.15) is 113 Å². The van der Waals surface area contributed by atoms with E-state index in [9.17, 15) is 14.4 Å². The van der Waals surface area contributed by atoms with E-state index in [1.807, 2.05) is 46.6 Å². The molecule has 0 saturated carbocycles. The predicted molar refractivity (Wildman–Crippen MR) is 181 cm³/mol. The minimum absolute atomic E-state index is 0.213. The zero-order chi connectivity index (χ0) is 33.3.